The van der Waals surface area contributed by atoms with Crippen molar-refractivity contribution in [3.8, 4) is 0 Å². The van der Waals surface area contributed by atoms with Crippen LogP contribution in [0.1, 0.15) is 47.0 Å². The average Bonchev–Trinajstić information content (AvgIpc) is 2.72. The Bertz CT molecular complexity index is 211. The Labute approximate surface area is 81.9 Å². The van der Waals surface area contributed by atoms with Gasteiger partial charge < -0.3 is 4.74 Å². The fourth-order valence-electron chi connectivity index (χ4n) is 3.51. The predicted octanol–water partition coefficient (Wildman–Crippen LogP) is 3.24. The van der Waals surface area contributed by atoms with Crippen molar-refractivity contribution in [2.45, 2.75) is 52.6 Å². The Kier molecular flexibility index (Phi) is 1.99. The molecular weight excluding hydrogens is 160 g/mol. The van der Waals surface area contributed by atoms with Crippen LogP contribution in [0.3, 0.4) is 0 Å². The summed E-state index contributed by atoms with van der Waals surface area (Å²) in [5, 5.41) is 0. The van der Waals surface area contributed by atoms with Gasteiger partial charge in [-0.3, -0.25) is 0 Å². The minimum atomic E-state index is 0.221. The molecule has 0 radical (unpaired) electrons. The van der Waals surface area contributed by atoms with Gasteiger partial charge in [-0.15, -0.1) is 0 Å². The van der Waals surface area contributed by atoms with E-state index >= 15 is 0 Å². The van der Waals surface area contributed by atoms with E-state index in [1.807, 2.05) is 0 Å². The molecule has 1 nitrogen and oxygen atoms in total. The summed E-state index contributed by atoms with van der Waals surface area (Å²) in [4.78, 5) is 0. The van der Waals surface area contributed by atoms with E-state index in [2.05, 4.69) is 27.7 Å². The Morgan fingerprint density at radius 2 is 2.08 bits per heavy atom. The minimum Gasteiger partial charge on any atom is -0.375 e. The Morgan fingerprint density at radius 3 is 2.46 bits per heavy atom. The molecule has 0 aliphatic heterocycles. The first-order valence-electron chi connectivity index (χ1n) is 5.69. The van der Waals surface area contributed by atoms with Crippen molar-refractivity contribution in [2.75, 3.05) is 6.61 Å². The maximum atomic E-state index is 5.92. The second kappa shape index (κ2) is 2.73. The molecule has 2 aliphatic carbocycles. The lowest BCUT2D eigenvalue weighted by Gasteiger charge is -2.25. The van der Waals surface area contributed by atoms with Gasteiger partial charge in [0.25, 0.3) is 0 Å². The third-order valence-corrected chi connectivity index (χ3v) is 4.57. The van der Waals surface area contributed by atoms with Crippen LogP contribution in [0.25, 0.3) is 0 Å². The SMILES string of the molecule is CCOC1(C)CC[C@@]2(C(C)C)C[C@H]12. The van der Waals surface area contributed by atoms with E-state index in [9.17, 15) is 0 Å². The van der Waals surface area contributed by atoms with Crippen LogP contribution in [0.2, 0.25) is 0 Å². The van der Waals surface area contributed by atoms with Crippen LogP contribution in [-0.2, 0) is 4.74 Å². The quantitative estimate of drug-likeness (QED) is 0.651. The summed E-state index contributed by atoms with van der Waals surface area (Å²) in [7, 11) is 0. The summed E-state index contributed by atoms with van der Waals surface area (Å²) in [6, 6.07) is 0. The second-order valence-corrected chi connectivity index (χ2v) is 5.39. The highest BCUT2D eigenvalue weighted by atomic mass is 16.5. The fraction of sp³-hybridized carbons (Fsp3) is 1.00. The van der Waals surface area contributed by atoms with Gasteiger partial charge in [0.2, 0.25) is 0 Å². The van der Waals surface area contributed by atoms with Crippen molar-refractivity contribution in [3.05, 3.63) is 0 Å². The number of hydrogen-bond donors (Lipinski definition) is 0. The van der Waals surface area contributed by atoms with Crippen LogP contribution in [0.15, 0.2) is 0 Å². The number of hydrogen-bond acceptors (Lipinski definition) is 1. The van der Waals surface area contributed by atoms with Gasteiger partial charge in [-0.2, -0.15) is 0 Å². The van der Waals surface area contributed by atoms with Crippen LogP contribution < -0.4 is 0 Å². The van der Waals surface area contributed by atoms with Crippen LogP contribution in [0.4, 0.5) is 0 Å². The van der Waals surface area contributed by atoms with Gasteiger partial charge >= 0.3 is 0 Å². The largest absolute Gasteiger partial charge is 0.375 e. The molecule has 0 saturated heterocycles. The molecule has 2 aliphatic rings. The molecule has 0 aromatic heterocycles. The third-order valence-electron chi connectivity index (χ3n) is 4.57. The zero-order valence-electron chi connectivity index (χ0n) is 9.39. The molecule has 13 heavy (non-hydrogen) atoms. The average molecular weight is 182 g/mol. The molecule has 2 rings (SSSR count). The van der Waals surface area contributed by atoms with E-state index in [0.717, 1.165) is 18.4 Å². The van der Waals surface area contributed by atoms with Crippen molar-refractivity contribution in [2.24, 2.45) is 17.3 Å². The lowest BCUT2D eigenvalue weighted by atomic mass is 9.90. The Hall–Kier alpha value is -0.0400. The summed E-state index contributed by atoms with van der Waals surface area (Å²) in [5.74, 6) is 1.71. The highest BCUT2D eigenvalue weighted by molar-refractivity contribution is 5.17. The predicted molar refractivity (Wildman–Crippen MR) is 54.6 cm³/mol. The van der Waals surface area contributed by atoms with Crippen LogP contribution >= 0.6 is 0 Å². The molecule has 0 spiro atoms. The zero-order chi connectivity index (χ0) is 9.69. The molecular formula is C12H22O. The topological polar surface area (TPSA) is 9.23 Å². The normalized spacial score (nSPS) is 48.2. The van der Waals surface area contributed by atoms with E-state index in [0.29, 0.717) is 5.41 Å². The van der Waals surface area contributed by atoms with Gasteiger partial charge in [0.15, 0.2) is 0 Å². The lowest BCUT2D eigenvalue weighted by Crippen LogP contribution is -2.29. The number of fused-ring (bicyclic) bond motifs is 1. The second-order valence-electron chi connectivity index (χ2n) is 5.39. The molecule has 2 fully saturated rings. The van der Waals surface area contributed by atoms with Gasteiger partial charge in [0.1, 0.15) is 0 Å². The van der Waals surface area contributed by atoms with Crippen molar-refractivity contribution in [3.63, 3.8) is 0 Å². The van der Waals surface area contributed by atoms with E-state index in [4.69, 9.17) is 4.74 Å². The highest BCUT2D eigenvalue weighted by Crippen LogP contribution is 2.71. The molecule has 0 bridgehead atoms. The molecule has 0 aromatic carbocycles. The van der Waals surface area contributed by atoms with Gasteiger partial charge in [0.05, 0.1) is 5.60 Å². The van der Waals surface area contributed by atoms with E-state index in [1.165, 1.54) is 19.3 Å². The summed E-state index contributed by atoms with van der Waals surface area (Å²) < 4.78 is 5.92. The fourth-order valence-corrected chi connectivity index (χ4v) is 3.51. The number of ether oxygens (including phenoxy) is 1. The van der Waals surface area contributed by atoms with Crippen LogP contribution in [0, 0.1) is 17.3 Å². The van der Waals surface area contributed by atoms with Gasteiger partial charge in [-0.05, 0) is 50.4 Å². The smallest absolute Gasteiger partial charge is 0.0688 e. The molecule has 3 atom stereocenters. The molecule has 0 aromatic rings. The van der Waals surface area contributed by atoms with Crippen LogP contribution in [0.5, 0.6) is 0 Å². The first-order valence-corrected chi connectivity index (χ1v) is 5.69. The molecule has 1 unspecified atom stereocenters. The maximum Gasteiger partial charge on any atom is 0.0688 e. The van der Waals surface area contributed by atoms with Crippen molar-refractivity contribution >= 4 is 0 Å². The Balaban J connectivity index is 2.08. The zero-order valence-corrected chi connectivity index (χ0v) is 9.39. The molecule has 2 saturated carbocycles. The van der Waals surface area contributed by atoms with Crippen molar-refractivity contribution in [1.82, 2.24) is 0 Å². The monoisotopic (exact) mass is 182 g/mol. The molecule has 76 valence electrons. The molecule has 0 heterocycles. The summed E-state index contributed by atoms with van der Waals surface area (Å²) in [6.45, 7) is 10.1. The van der Waals surface area contributed by atoms with E-state index in [-0.39, 0.29) is 5.60 Å². The van der Waals surface area contributed by atoms with Crippen LogP contribution in [-0.4, -0.2) is 12.2 Å². The minimum absolute atomic E-state index is 0.221. The lowest BCUT2D eigenvalue weighted by molar-refractivity contribution is -0.0374. The van der Waals surface area contributed by atoms with E-state index < -0.39 is 0 Å². The summed E-state index contributed by atoms with van der Waals surface area (Å²) >= 11 is 0. The molecule has 1 heteroatoms. The van der Waals surface area contributed by atoms with Gasteiger partial charge in [-0.1, -0.05) is 13.8 Å². The number of rotatable bonds is 3. The first kappa shape index (κ1) is 9.51. The van der Waals surface area contributed by atoms with Gasteiger partial charge in [-0.25, -0.2) is 0 Å². The van der Waals surface area contributed by atoms with Crippen molar-refractivity contribution < 1.29 is 4.74 Å². The molecule has 0 amide bonds. The molecule has 0 N–H and O–H groups in total. The first-order chi connectivity index (χ1) is 6.05. The summed E-state index contributed by atoms with van der Waals surface area (Å²) in [5.41, 5.74) is 0.892. The maximum absolute atomic E-state index is 5.92. The Morgan fingerprint density at radius 1 is 1.38 bits per heavy atom. The van der Waals surface area contributed by atoms with Crippen molar-refractivity contribution in [1.29, 1.82) is 0 Å². The third kappa shape index (κ3) is 1.16. The standard InChI is InChI=1S/C12H22O/c1-5-13-11(4)6-7-12(9(2)3)8-10(11)12/h9-10H,5-8H2,1-4H3/t10-,11?,12+/m1/s1. The van der Waals surface area contributed by atoms with Gasteiger partial charge in [0, 0.05) is 6.61 Å². The van der Waals surface area contributed by atoms with E-state index in [1.54, 1.807) is 0 Å². The summed E-state index contributed by atoms with van der Waals surface area (Å²) in [6.07, 6.45) is 4.09. The highest BCUT2D eigenvalue weighted by Gasteiger charge is 2.67.